The molecule has 2 nitrogen and oxygen atoms in total. The SMILES string of the molecule is COc1ccccc1[C@@H]1[C@@H](CN)C1(C)C. The summed E-state index contributed by atoms with van der Waals surface area (Å²) in [6.07, 6.45) is 0. The van der Waals surface area contributed by atoms with Gasteiger partial charge < -0.3 is 10.5 Å². The van der Waals surface area contributed by atoms with Crippen molar-refractivity contribution >= 4 is 0 Å². The Morgan fingerprint density at radius 1 is 1.33 bits per heavy atom. The predicted octanol–water partition coefficient (Wildman–Crippen LogP) is 2.39. The van der Waals surface area contributed by atoms with E-state index in [0.29, 0.717) is 17.3 Å². The van der Waals surface area contributed by atoms with Crippen LogP contribution in [0.15, 0.2) is 24.3 Å². The molecule has 1 aliphatic carbocycles. The molecule has 2 heteroatoms. The van der Waals surface area contributed by atoms with Gasteiger partial charge in [-0.1, -0.05) is 32.0 Å². The molecule has 1 fully saturated rings. The Bertz CT molecular complexity index is 359. The van der Waals surface area contributed by atoms with Crippen molar-refractivity contribution in [2.24, 2.45) is 17.1 Å². The summed E-state index contributed by atoms with van der Waals surface area (Å²) in [6.45, 7) is 5.32. The van der Waals surface area contributed by atoms with Gasteiger partial charge in [-0.05, 0) is 35.4 Å². The number of ether oxygens (including phenoxy) is 1. The van der Waals surface area contributed by atoms with Crippen molar-refractivity contribution in [3.05, 3.63) is 29.8 Å². The van der Waals surface area contributed by atoms with Crippen molar-refractivity contribution in [1.29, 1.82) is 0 Å². The maximum absolute atomic E-state index is 5.79. The van der Waals surface area contributed by atoms with Crippen molar-refractivity contribution in [2.45, 2.75) is 19.8 Å². The van der Waals surface area contributed by atoms with Crippen molar-refractivity contribution in [3.8, 4) is 5.75 Å². The number of benzene rings is 1. The molecule has 0 aromatic heterocycles. The molecule has 1 aromatic rings. The number of methoxy groups -OCH3 is 1. The van der Waals surface area contributed by atoms with Gasteiger partial charge in [0.05, 0.1) is 7.11 Å². The monoisotopic (exact) mass is 205 g/mol. The first-order chi connectivity index (χ1) is 7.12. The third-order valence-corrected chi connectivity index (χ3v) is 3.78. The van der Waals surface area contributed by atoms with E-state index < -0.39 is 0 Å². The van der Waals surface area contributed by atoms with Crippen molar-refractivity contribution in [1.82, 2.24) is 0 Å². The summed E-state index contributed by atoms with van der Waals surface area (Å²) < 4.78 is 5.39. The van der Waals surface area contributed by atoms with Gasteiger partial charge in [-0.25, -0.2) is 0 Å². The standard InChI is InChI=1S/C13H19NO/c1-13(2)10(8-14)12(13)9-6-4-5-7-11(9)15-3/h4-7,10,12H,8,14H2,1-3H3/t10-,12-/m1/s1. The second-order valence-corrected chi connectivity index (χ2v) is 4.88. The van der Waals surface area contributed by atoms with Gasteiger partial charge in [-0.3, -0.25) is 0 Å². The Kier molecular flexibility index (Phi) is 2.47. The average Bonchev–Trinajstić information content (AvgIpc) is 2.80. The summed E-state index contributed by atoms with van der Waals surface area (Å²) in [5.41, 5.74) is 7.42. The third kappa shape index (κ3) is 1.53. The molecule has 0 radical (unpaired) electrons. The van der Waals surface area contributed by atoms with Crippen LogP contribution in [0.2, 0.25) is 0 Å². The van der Waals surface area contributed by atoms with E-state index in [1.165, 1.54) is 5.56 Å². The second kappa shape index (κ2) is 3.53. The molecule has 2 rings (SSSR count). The topological polar surface area (TPSA) is 35.2 Å². The molecular weight excluding hydrogens is 186 g/mol. The van der Waals surface area contributed by atoms with E-state index >= 15 is 0 Å². The fourth-order valence-electron chi connectivity index (χ4n) is 2.72. The molecule has 2 atom stereocenters. The van der Waals surface area contributed by atoms with Crippen LogP contribution in [0.5, 0.6) is 5.75 Å². The first-order valence-electron chi connectivity index (χ1n) is 5.46. The van der Waals surface area contributed by atoms with Crippen LogP contribution in [0.25, 0.3) is 0 Å². The smallest absolute Gasteiger partial charge is 0.122 e. The highest BCUT2D eigenvalue weighted by molar-refractivity contribution is 5.42. The zero-order chi connectivity index (χ0) is 11.1. The van der Waals surface area contributed by atoms with Crippen molar-refractivity contribution < 1.29 is 4.74 Å². The maximum Gasteiger partial charge on any atom is 0.122 e. The summed E-state index contributed by atoms with van der Waals surface area (Å²) in [7, 11) is 1.73. The molecule has 82 valence electrons. The van der Waals surface area contributed by atoms with Gasteiger partial charge in [-0.15, -0.1) is 0 Å². The van der Waals surface area contributed by atoms with E-state index in [4.69, 9.17) is 10.5 Å². The minimum atomic E-state index is 0.323. The number of hydrogen-bond acceptors (Lipinski definition) is 2. The normalized spacial score (nSPS) is 27.5. The second-order valence-electron chi connectivity index (χ2n) is 4.88. The lowest BCUT2D eigenvalue weighted by Gasteiger charge is -2.08. The van der Waals surface area contributed by atoms with E-state index in [1.54, 1.807) is 7.11 Å². The van der Waals surface area contributed by atoms with Gasteiger partial charge in [0.15, 0.2) is 0 Å². The largest absolute Gasteiger partial charge is 0.496 e. The molecular formula is C13H19NO. The van der Waals surface area contributed by atoms with Crippen LogP contribution in [-0.4, -0.2) is 13.7 Å². The minimum Gasteiger partial charge on any atom is -0.496 e. The molecule has 1 aromatic carbocycles. The summed E-state index contributed by atoms with van der Waals surface area (Å²) in [5.74, 6) is 2.14. The minimum absolute atomic E-state index is 0.323. The van der Waals surface area contributed by atoms with Crippen LogP contribution < -0.4 is 10.5 Å². The fraction of sp³-hybridized carbons (Fsp3) is 0.538. The van der Waals surface area contributed by atoms with Crippen LogP contribution in [0, 0.1) is 11.3 Å². The molecule has 0 saturated heterocycles. The van der Waals surface area contributed by atoms with E-state index in [-0.39, 0.29) is 0 Å². The van der Waals surface area contributed by atoms with E-state index in [9.17, 15) is 0 Å². The van der Waals surface area contributed by atoms with E-state index in [0.717, 1.165) is 12.3 Å². The molecule has 2 N–H and O–H groups in total. The van der Waals surface area contributed by atoms with Crippen LogP contribution in [-0.2, 0) is 0 Å². The van der Waals surface area contributed by atoms with Crippen molar-refractivity contribution in [3.63, 3.8) is 0 Å². The molecule has 0 bridgehead atoms. The van der Waals surface area contributed by atoms with Gasteiger partial charge in [0.25, 0.3) is 0 Å². The Morgan fingerprint density at radius 2 is 2.00 bits per heavy atom. The third-order valence-electron chi connectivity index (χ3n) is 3.78. The summed E-state index contributed by atoms with van der Waals surface area (Å²) in [6, 6.07) is 8.26. The van der Waals surface area contributed by atoms with Gasteiger partial charge in [0.2, 0.25) is 0 Å². The maximum atomic E-state index is 5.79. The quantitative estimate of drug-likeness (QED) is 0.822. The molecule has 0 spiro atoms. The van der Waals surface area contributed by atoms with E-state index in [2.05, 4.69) is 26.0 Å². The highest BCUT2D eigenvalue weighted by atomic mass is 16.5. The summed E-state index contributed by atoms with van der Waals surface area (Å²) >= 11 is 0. The molecule has 1 saturated carbocycles. The predicted molar refractivity (Wildman–Crippen MR) is 62.1 cm³/mol. The van der Waals surface area contributed by atoms with Gasteiger partial charge in [-0.2, -0.15) is 0 Å². The molecule has 0 aliphatic heterocycles. The van der Waals surface area contributed by atoms with Gasteiger partial charge in [0, 0.05) is 0 Å². The van der Waals surface area contributed by atoms with Gasteiger partial charge >= 0.3 is 0 Å². The van der Waals surface area contributed by atoms with Crippen LogP contribution in [0.4, 0.5) is 0 Å². The molecule has 15 heavy (non-hydrogen) atoms. The van der Waals surface area contributed by atoms with Crippen LogP contribution in [0.3, 0.4) is 0 Å². The zero-order valence-electron chi connectivity index (χ0n) is 9.66. The average molecular weight is 205 g/mol. The molecule has 0 heterocycles. The van der Waals surface area contributed by atoms with Crippen LogP contribution in [0.1, 0.15) is 25.3 Å². The number of rotatable bonds is 3. The summed E-state index contributed by atoms with van der Waals surface area (Å²) in [4.78, 5) is 0. The zero-order valence-corrected chi connectivity index (χ0v) is 9.66. The lowest BCUT2D eigenvalue weighted by atomic mass is 10.0. The first kappa shape index (κ1) is 10.5. The summed E-state index contributed by atoms with van der Waals surface area (Å²) in [5, 5.41) is 0. The Hall–Kier alpha value is -1.02. The number of nitrogens with two attached hydrogens (primary N) is 1. The van der Waals surface area contributed by atoms with E-state index in [1.807, 2.05) is 12.1 Å². The fourth-order valence-corrected chi connectivity index (χ4v) is 2.72. The molecule has 0 unspecified atom stereocenters. The van der Waals surface area contributed by atoms with Crippen LogP contribution >= 0.6 is 0 Å². The van der Waals surface area contributed by atoms with Gasteiger partial charge in [0.1, 0.15) is 5.75 Å². The molecule has 1 aliphatic rings. The first-order valence-corrected chi connectivity index (χ1v) is 5.46. The Labute approximate surface area is 91.4 Å². The molecule has 0 amide bonds. The highest BCUT2D eigenvalue weighted by Gasteiger charge is 2.57. The number of para-hydroxylation sites is 1. The Balaban J connectivity index is 2.32. The number of hydrogen-bond donors (Lipinski definition) is 1. The lowest BCUT2D eigenvalue weighted by Crippen LogP contribution is -2.05. The van der Waals surface area contributed by atoms with Crippen molar-refractivity contribution in [2.75, 3.05) is 13.7 Å². The Morgan fingerprint density at radius 3 is 2.53 bits per heavy atom. The lowest BCUT2D eigenvalue weighted by molar-refractivity contribution is 0.407. The highest BCUT2D eigenvalue weighted by Crippen LogP contribution is 2.65.